The van der Waals surface area contributed by atoms with E-state index < -0.39 is 0 Å². The Kier molecular flexibility index (Phi) is 2.58. The number of nitrogen functional groups attached to an aromatic ring is 1. The fourth-order valence-electron chi connectivity index (χ4n) is 1.10. The molecule has 0 heterocycles. The molecule has 0 radical (unpaired) electrons. The largest absolute Gasteiger partial charge is 0.506 e. The Morgan fingerprint density at radius 2 is 2.17 bits per heavy atom. The van der Waals surface area contributed by atoms with Crippen molar-refractivity contribution in [2.24, 2.45) is 0 Å². The van der Waals surface area contributed by atoms with Crippen LogP contribution in [0, 0.1) is 0 Å². The molecule has 0 saturated heterocycles. The molecule has 0 fully saturated rings. The third kappa shape index (κ3) is 1.70. The fourth-order valence-corrected chi connectivity index (χ4v) is 1.10. The van der Waals surface area contributed by atoms with Crippen LogP contribution in [0.5, 0.6) is 5.75 Å². The minimum atomic E-state index is 0.188. The van der Waals surface area contributed by atoms with Crippen molar-refractivity contribution >= 4 is 5.69 Å². The van der Waals surface area contributed by atoms with Crippen LogP contribution in [0.2, 0.25) is 0 Å². The quantitative estimate of drug-likeness (QED) is 0.522. The standard InChI is InChI=1S/C10H15NO/c1-3-7(2)8-4-5-9(11)10(12)6-8/h4-7,12H,3,11H2,1-2H3/t7-/m1/s1. The summed E-state index contributed by atoms with van der Waals surface area (Å²) in [6.07, 6.45) is 1.07. The number of phenolic OH excluding ortho intramolecular Hbond substituents is 1. The van der Waals surface area contributed by atoms with Gasteiger partial charge in [0.2, 0.25) is 0 Å². The van der Waals surface area contributed by atoms with Crippen LogP contribution < -0.4 is 5.73 Å². The Morgan fingerprint density at radius 1 is 1.50 bits per heavy atom. The van der Waals surface area contributed by atoms with Crippen LogP contribution >= 0.6 is 0 Å². The predicted molar refractivity (Wildman–Crippen MR) is 51.2 cm³/mol. The van der Waals surface area contributed by atoms with Crippen LogP contribution in [-0.2, 0) is 0 Å². The summed E-state index contributed by atoms with van der Waals surface area (Å²) in [5, 5.41) is 9.32. The van der Waals surface area contributed by atoms with Gasteiger partial charge in [-0.15, -0.1) is 0 Å². The molecule has 1 aromatic carbocycles. The number of anilines is 1. The summed E-state index contributed by atoms with van der Waals surface area (Å²) in [6, 6.07) is 5.45. The number of rotatable bonds is 2. The van der Waals surface area contributed by atoms with E-state index in [1.807, 2.05) is 6.07 Å². The number of hydrogen-bond donors (Lipinski definition) is 2. The second-order valence-electron chi connectivity index (χ2n) is 3.13. The molecular weight excluding hydrogens is 150 g/mol. The summed E-state index contributed by atoms with van der Waals surface area (Å²) < 4.78 is 0. The first-order chi connectivity index (χ1) is 5.65. The highest BCUT2D eigenvalue weighted by Gasteiger charge is 2.04. The highest BCUT2D eigenvalue weighted by molar-refractivity contribution is 5.53. The smallest absolute Gasteiger partial charge is 0.138 e. The molecule has 0 aliphatic heterocycles. The lowest BCUT2D eigenvalue weighted by molar-refractivity contribution is 0.476. The molecular formula is C10H15NO. The molecule has 0 spiro atoms. The van der Waals surface area contributed by atoms with E-state index in [-0.39, 0.29) is 5.75 Å². The molecule has 1 aromatic rings. The summed E-state index contributed by atoms with van der Waals surface area (Å²) in [7, 11) is 0. The van der Waals surface area contributed by atoms with Gasteiger partial charge in [-0.05, 0) is 30.0 Å². The van der Waals surface area contributed by atoms with Gasteiger partial charge in [0, 0.05) is 0 Å². The monoisotopic (exact) mass is 165 g/mol. The first-order valence-electron chi connectivity index (χ1n) is 4.23. The SMILES string of the molecule is CC[C@@H](C)c1ccc(N)c(O)c1. The second-order valence-corrected chi connectivity index (χ2v) is 3.13. The van der Waals surface area contributed by atoms with Crippen molar-refractivity contribution in [3.8, 4) is 5.75 Å². The van der Waals surface area contributed by atoms with E-state index in [9.17, 15) is 5.11 Å². The van der Waals surface area contributed by atoms with Gasteiger partial charge in [0.1, 0.15) is 5.75 Å². The van der Waals surface area contributed by atoms with Gasteiger partial charge in [0.05, 0.1) is 5.69 Å². The number of aromatic hydroxyl groups is 1. The molecule has 0 unspecified atom stereocenters. The van der Waals surface area contributed by atoms with E-state index in [1.165, 1.54) is 0 Å². The maximum absolute atomic E-state index is 9.32. The van der Waals surface area contributed by atoms with E-state index in [0.717, 1.165) is 12.0 Å². The van der Waals surface area contributed by atoms with Gasteiger partial charge in [-0.1, -0.05) is 19.9 Å². The van der Waals surface area contributed by atoms with Crippen molar-refractivity contribution in [1.82, 2.24) is 0 Å². The molecule has 3 N–H and O–H groups in total. The lowest BCUT2D eigenvalue weighted by atomic mass is 9.98. The number of hydrogen-bond acceptors (Lipinski definition) is 2. The molecule has 0 saturated carbocycles. The van der Waals surface area contributed by atoms with Crippen LogP contribution in [0.3, 0.4) is 0 Å². The van der Waals surface area contributed by atoms with Crippen molar-refractivity contribution in [1.29, 1.82) is 0 Å². The van der Waals surface area contributed by atoms with Crippen LogP contribution in [0.1, 0.15) is 31.7 Å². The Morgan fingerprint density at radius 3 is 2.67 bits per heavy atom. The molecule has 0 aromatic heterocycles. The summed E-state index contributed by atoms with van der Waals surface area (Å²) in [4.78, 5) is 0. The molecule has 0 amide bonds. The number of phenols is 1. The van der Waals surface area contributed by atoms with Crippen molar-refractivity contribution in [2.75, 3.05) is 5.73 Å². The van der Waals surface area contributed by atoms with Gasteiger partial charge in [0.15, 0.2) is 0 Å². The van der Waals surface area contributed by atoms with Gasteiger partial charge in [0.25, 0.3) is 0 Å². The molecule has 1 rings (SSSR count). The maximum Gasteiger partial charge on any atom is 0.138 e. The van der Waals surface area contributed by atoms with E-state index in [1.54, 1.807) is 12.1 Å². The Labute approximate surface area is 73.0 Å². The zero-order chi connectivity index (χ0) is 9.14. The molecule has 1 atom stereocenters. The van der Waals surface area contributed by atoms with Crippen LogP contribution in [0.4, 0.5) is 5.69 Å². The summed E-state index contributed by atoms with van der Waals surface area (Å²) in [5.74, 6) is 0.671. The average molecular weight is 165 g/mol. The van der Waals surface area contributed by atoms with E-state index >= 15 is 0 Å². The van der Waals surface area contributed by atoms with E-state index in [0.29, 0.717) is 11.6 Å². The molecule has 0 bridgehead atoms. The van der Waals surface area contributed by atoms with Gasteiger partial charge in [-0.25, -0.2) is 0 Å². The topological polar surface area (TPSA) is 46.2 Å². The average Bonchev–Trinajstić information content (AvgIpc) is 2.08. The van der Waals surface area contributed by atoms with Crippen molar-refractivity contribution < 1.29 is 5.11 Å². The number of benzene rings is 1. The van der Waals surface area contributed by atoms with Gasteiger partial charge < -0.3 is 10.8 Å². The molecule has 12 heavy (non-hydrogen) atoms. The van der Waals surface area contributed by atoms with Crippen molar-refractivity contribution in [2.45, 2.75) is 26.2 Å². The third-order valence-electron chi connectivity index (χ3n) is 2.24. The van der Waals surface area contributed by atoms with Crippen LogP contribution in [-0.4, -0.2) is 5.11 Å². The van der Waals surface area contributed by atoms with Gasteiger partial charge in [-0.3, -0.25) is 0 Å². The van der Waals surface area contributed by atoms with Crippen LogP contribution in [0.15, 0.2) is 18.2 Å². The maximum atomic E-state index is 9.32. The lowest BCUT2D eigenvalue weighted by Crippen LogP contribution is -1.92. The lowest BCUT2D eigenvalue weighted by Gasteiger charge is -2.09. The number of nitrogens with two attached hydrogens (primary N) is 1. The first kappa shape index (κ1) is 8.91. The molecule has 0 aliphatic carbocycles. The third-order valence-corrected chi connectivity index (χ3v) is 2.24. The second kappa shape index (κ2) is 3.48. The van der Waals surface area contributed by atoms with Gasteiger partial charge >= 0.3 is 0 Å². The highest BCUT2D eigenvalue weighted by atomic mass is 16.3. The Bertz CT molecular complexity index is 271. The van der Waals surface area contributed by atoms with Gasteiger partial charge in [-0.2, -0.15) is 0 Å². The van der Waals surface area contributed by atoms with Crippen LogP contribution in [0.25, 0.3) is 0 Å². The summed E-state index contributed by atoms with van der Waals surface area (Å²) >= 11 is 0. The Hall–Kier alpha value is -1.18. The van der Waals surface area contributed by atoms with Crippen molar-refractivity contribution in [3.63, 3.8) is 0 Å². The zero-order valence-electron chi connectivity index (χ0n) is 7.54. The van der Waals surface area contributed by atoms with Crippen molar-refractivity contribution in [3.05, 3.63) is 23.8 Å². The molecule has 2 nitrogen and oxygen atoms in total. The summed E-state index contributed by atoms with van der Waals surface area (Å²) in [6.45, 7) is 4.25. The molecule has 66 valence electrons. The zero-order valence-corrected chi connectivity index (χ0v) is 7.54. The minimum Gasteiger partial charge on any atom is -0.506 e. The first-order valence-corrected chi connectivity index (χ1v) is 4.23. The highest BCUT2D eigenvalue weighted by Crippen LogP contribution is 2.26. The molecule has 0 aliphatic rings. The Balaban J connectivity index is 2.96. The summed E-state index contributed by atoms with van der Waals surface area (Å²) in [5.41, 5.74) is 7.07. The van der Waals surface area contributed by atoms with E-state index in [4.69, 9.17) is 5.73 Å². The minimum absolute atomic E-state index is 0.188. The molecule has 2 heteroatoms. The fraction of sp³-hybridized carbons (Fsp3) is 0.400. The predicted octanol–water partition coefficient (Wildman–Crippen LogP) is 2.49. The van der Waals surface area contributed by atoms with E-state index in [2.05, 4.69) is 13.8 Å². The normalized spacial score (nSPS) is 12.8.